The lowest BCUT2D eigenvalue weighted by Crippen LogP contribution is -2.29. The summed E-state index contributed by atoms with van der Waals surface area (Å²) in [5.74, 6) is -0.831. The molecule has 0 heterocycles. The van der Waals surface area contributed by atoms with Gasteiger partial charge in [-0.15, -0.1) is 0 Å². The van der Waals surface area contributed by atoms with Crippen LogP contribution in [0.3, 0.4) is 0 Å². The minimum Gasteiger partial charge on any atom is -0.462 e. The van der Waals surface area contributed by atoms with E-state index in [1.54, 1.807) is 0 Å². The van der Waals surface area contributed by atoms with Gasteiger partial charge in [0.1, 0.15) is 6.61 Å². The van der Waals surface area contributed by atoms with E-state index in [1.165, 1.54) is 161 Å². The standard InChI is InChI=1S/C54H102NO8P/c1-3-5-7-9-11-13-15-17-19-21-23-24-25-26-27-29-30-32-34-36-38-40-42-44-46-53(56)60-50-52(51-62-64(58,59)61-49-48-55)63-54(57)47-45-43-41-39-37-35-33-31-28-22-20-18-16-14-12-10-8-6-4-2/h12,14,18,20,28,31,52H,3-11,13,15-17,19,21-27,29-30,32-51,55H2,1-2H3,(H,58,59)/b14-12-,20-18-,31-28-. The Bertz CT molecular complexity index is 1140. The van der Waals surface area contributed by atoms with E-state index < -0.39 is 26.5 Å². The summed E-state index contributed by atoms with van der Waals surface area (Å²) in [5, 5.41) is 0. The van der Waals surface area contributed by atoms with Crippen LogP contribution in [0.1, 0.15) is 264 Å². The van der Waals surface area contributed by atoms with Crippen molar-refractivity contribution in [3.8, 4) is 0 Å². The van der Waals surface area contributed by atoms with Gasteiger partial charge in [0, 0.05) is 19.4 Å². The van der Waals surface area contributed by atoms with Crippen LogP contribution in [0.2, 0.25) is 0 Å². The quantitative estimate of drug-likeness (QED) is 0.0265. The number of carbonyl (C=O) groups is 2. The van der Waals surface area contributed by atoms with Gasteiger partial charge in [0.2, 0.25) is 0 Å². The van der Waals surface area contributed by atoms with Crippen LogP contribution in [0, 0.1) is 0 Å². The predicted molar refractivity (Wildman–Crippen MR) is 270 cm³/mol. The Morgan fingerprint density at radius 1 is 0.469 bits per heavy atom. The van der Waals surface area contributed by atoms with E-state index >= 15 is 0 Å². The normalized spacial score (nSPS) is 13.4. The number of rotatable bonds is 51. The second kappa shape index (κ2) is 50.6. The molecule has 3 N–H and O–H groups in total. The molecule has 0 spiro atoms. The van der Waals surface area contributed by atoms with Gasteiger partial charge in [0.15, 0.2) is 6.10 Å². The Morgan fingerprint density at radius 2 is 0.812 bits per heavy atom. The molecule has 0 fully saturated rings. The highest BCUT2D eigenvalue weighted by atomic mass is 31.2. The van der Waals surface area contributed by atoms with E-state index in [0.717, 1.165) is 70.6 Å². The molecule has 0 saturated carbocycles. The number of ether oxygens (including phenoxy) is 2. The summed E-state index contributed by atoms with van der Waals surface area (Å²) in [5.41, 5.74) is 5.37. The predicted octanol–water partition coefficient (Wildman–Crippen LogP) is 16.5. The van der Waals surface area contributed by atoms with E-state index in [9.17, 15) is 19.0 Å². The third-order valence-electron chi connectivity index (χ3n) is 11.8. The molecule has 0 aliphatic rings. The Hall–Kier alpha value is -1.77. The van der Waals surface area contributed by atoms with Crippen LogP contribution in [0.4, 0.5) is 0 Å². The second-order valence-corrected chi connectivity index (χ2v) is 19.6. The number of phosphoric ester groups is 1. The average Bonchev–Trinajstić information content (AvgIpc) is 3.28. The molecule has 0 aromatic carbocycles. The Morgan fingerprint density at radius 3 is 1.23 bits per heavy atom. The molecule has 9 nitrogen and oxygen atoms in total. The number of esters is 2. The molecule has 0 rings (SSSR count). The van der Waals surface area contributed by atoms with E-state index in [2.05, 4.69) is 50.3 Å². The molecular weight excluding hydrogens is 822 g/mol. The maximum absolute atomic E-state index is 12.7. The van der Waals surface area contributed by atoms with Gasteiger partial charge in [-0.3, -0.25) is 18.6 Å². The van der Waals surface area contributed by atoms with Crippen LogP contribution >= 0.6 is 7.82 Å². The molecule has 64 heavy (non-hydrogen) atoms. The van der Waals surface area contributed by atoms with Gasteiger partial charge < -0.3 is 20.1 Å². The van der Waals surface area contributed by atoms with Gasteiger partial charge >= 0.3 is 19.8 Å². The Kier molecular flexibility index (Phi) is 49.2. The largest absolute Gasteiger partial charge is 0.472 e. The molecule has 2 unspecified atom stereocenters. The van der Waals surface area contributed by atoms with Gasteiger partial charge in [-0.25, -0.2) is 4.57 Å². The smallest absolute Gasteiger partial charge is 0.462 e. The Balaban J connectivity index is 3.99. The van der Waals surface area contributed by atoms with Crippen molar-refractivity contribution in [2.24, 2.45) is 5.73 Å². The average molecular weight is 924 g/mol. The minimum atomic E-state index is -4.39. The number of hydrogen-bond donors (Lipinski definition) is 2. The Labute approximate surface area is 394 Å². The third kappa shape index (κ3) is 49.7. The number of allylic oxidation sites excluding steroid dienone is 6. The van der Waals surface area contributed by atoms with Gasteiger partial charge in [0.25, 0.3) is 0 Å². The molecule has 0 aliphatic carbocycles. The zero-order valence-electron chi connectivity index (χ0n) is 41.8. The number of unbranched alkanes of at least 4 members (excludes halogenated alkanes) is 32. The molecule has 0 aromatic heterocycles. The first-order valence-electron chi connectivity index (χ1n) is 27.0. The maximum atomic E-state index is 12.7. The van der Waals surface area contributed by atoms with Crippen molar-refractivity contribution < 1.29 is 37.6 Å². The molecule has 376 valence electrons. The van der Waals surface area contributed by atoms with Crippen molar-refractivity contribution in [2.75, 3.05) is 26.4 Å². The molecule has 0 saturated heterocycles. The molecule has 0 amide bonds. The van der Waals surface area contributed by atoms with Crippen molar-refractivity contribution in [3.63, 3.8) is 0 Å². The van der Waals surface area contributed by atoms with E-state index in [-0.39, 0.29) is 38.6 Å². The van der Waals surface area contributed by atoms with Crippen molar-refractivity contribution >= 4 is 19.8 Å². The van der Waals surface area contributed by atoms with Crippen molar-refractivity contribution in [1.82, 2.24) is 0 Å². The molecular formula is C54H102NO8P. The lowest BCUT2D eigenvalue weighted by Gasteiger charge is -2.19. The van der Waals surface area contributed by atoms with Crippen LogP contribution in [-0.2, 0) is 32.7 Å². The topological polar surface area (TPSA) is 134 Å². The van der Waals surface area contributed by atoms with Crippen LogP contribution in [0.15, 0.2) is 36.5 Å². The van der Waals surface area contributed by atoms with E-state index in [4.69, 9.17) is 24.3 Å². The lowest BCUT2D eigenvalue weighted by molar-refractivity contribution is -0.161. The summed E-state index contributed by atoms with van der Waals surface area (Å²) in [6.07, 6.45) is 59.0. The molecule has 0 aromatic rings. The highest BCUT2D eigenvalue weighted by molar-refractivity contribution is 7.47. The second-order valence-electron chi connectivity index (χ2n) is 18.1. The third-order valence-corrected chi connectivity index (χ3v) is 12.8. The number of hydrogen-bond acceptors (Lipinski definition) is 8. The van der Waals surface area contributed by atoms with Gasteiger partial charge in [-0.05, 0) is 51.4 Å². The highest BCUT2D eigenvalue weighted by Crippen LogP contribution is 2.43. The molecule has 0 bridgehead atoms. The summed E-state index contributed by atoms with van der Waals surface area (Å²) < 4.78 is 33.0. The van der Waals surface area contributed by atoms with Crippen molar-refractivity contribution in [2.45, 2.75) is 270 Å². The maximum Gasteiger partial charge on any atom is 0.472 e. The number of nitrogens with two attached hydrogens (primary N) is 1. The summed E-state index contributed by atoms with van der Waals surface area (Å²) in [6.45, 7) is 3.74. The number of carbonyl (C=O) groups excluding carboxylic acids is 2. The molecule has 2 atom stereocenters. The van der Waals surface area contributed by atoms with Crippen LogP contribution < -0.4 is 5.73 Å². The minimum absolute atomic E-state index is 0.0518. The van der Waals surface area contributed by atoms with Gasteiger partial charge in [-0.2, -0.15) is 0 Å². The summed E-state index contributed by atoms with van der Waals surface area (Å²) in [7, 11) is -4.39. The highest BCUT2D eigenvalue weighted by Gasteiger charge is 2.26. The van der Waals surface area contributed by atoms with Gasteiger partial charge in [0.05, 0.1) is 13.2 Å². The van der Waals surface area contributed by atoms with Gasteiger partial charge in [-0.1, -0.05) is 237 Å². The monoisotopic (exact) mass is 924 g/mol. The first-order valence-corrected chi connectivity index (χ1v) is 28.5. The summed E-state index contributed by atoms with van der Waals surface area (Å²) in [4.78, 5) is 35.1. The fraction of sp³-hybridized carbons (Fsp3) is 0.852. The van der Waals surface area contributed by atoms with Crippen LogP contribution in [0.25, 0.3) is 0 Å². The lowest BCUT2D eigenvalue weighted by atomic mass is 10.0. The fourth-order valence-electron chi connectivity index (χ4n) is 7.76. The molecule has 10 heteroatoms. The first kappa shape index (κ1) is 62.2. The number of phosphoric acid groups is 1. The van der Waals surface area contributed by atoms with Crippen LogP contribution in [-0.4, -0.2) is 49.3 Å². The van der Waals surface area contributed by atoms with E-state index in [1.807, 2.05) is 0 Å². The van der Waals surface area contributed by atoms with Crippen LogP contribution in [0.5, 0.6) is 0 Å². The fourth-order valence-corrected chi connectivity index (χ4v) is 8.53. The zero-order chi connectivity index (χ0) is 46.7. The zero-order valence-corrected chi connectivity index (χ0v) is 42.7. The van der Waals surface area contributed by atoms with Crippen molar-refractivity contribution in [3.05, 3.63) is 36.5 Å². The SMILES string of the molecule is CCCCC/C=C\C/C=C\C/C=C\CCCCCCCCC(=O)OC(COC(=O)CCCCCCCCCCCCCCCCCCCCCCCCCC)COP(=O)(O)OCCN. The summed E-state index contributed by atoms with van der Waals surface area (Å²) in [6, 6.07) is 0. The molecule has 0 aliphatic heterocycles. The first-order chi connectivity index (χ1) is 31.3. The molecule has 0 radical (unpaired) electrons. The van der Waals surface area contributed by atoms with Crippen molar-refractivity contribution in [1.29, 1.82) is 0 Å². The van der Waals surface area contributed by atoms with E-state index in [0.29, 0.717) is 6.42 Å². The summed E-state index contributed by atoms with van der Waals surface area (Å²) >= 11 is 0.